The van der Waals surface area contributed by atoms with Crippen LogP contribution in [0.15, 0.2) is 23.1 Å². The number of benzene rings is 1. The number of nitrogens with one attached hydrogen (secondary N) is 1. The quantitative estimate of drug-likeness (QED) is 0.711. The lowest BCUT2D eigenvalue weighted by Gasteiger charge is -2.22. The Kier molecular flexibility index (Phi) is 4.59. The van der Waals surface area contributed by atoms with E-state index in [1.807, 2.05) is 0 Å². The summed E-state index contributed by atoms with van der Waals surface area (Å²) in [5, 5.41) is 8.39. The molecule has 0 spiro atoms. The molecule has 5 nitrogen and oxygen atoms in total. The summed E-state index contributed by atoms with van der Waals surface area (Å²) in [5.74, 6) is 0.481. The van der Waals surface area contributed by atoms with Crippen LogP contribution in [0.3, 0.4) is 0 Å². The van der Waals surface area contributed by atoms with Gasteiger partial charge in [-0.1, -0.05) is 20.8 Å². The van der Waals surface area contributed by atoms with E-state index < -0.39 is 10.0 Å². The number of primary sulfonamides is 1. The third-order valence-electron chi connectivity index (χ3n) is 2.91. The summed E-state index contributed by atoms with van der Waals surface area (Å²) < 4.78 is 22.5. The molecule has 0 saturated carbocycles. The van der Waals surface area contributed by atoms with Gasteiger partial charge in [0.2, 0.25) is 10.0 Å². The Balaban J connectivity index is 2.98. The number of hydrogen-bond acceptors (Lipinski definition) is 4. The highest BCUT2D eigenvalue weighted by Gasteiger charge is 2.14. The summed E-state index contributed by atoms with van der Waals surface area (Å²) in [4.78, 5) is -0.0364. The molecular formula is C12H21N3O2S. The lowest BCUT2D eigenvalue weighted by atomic mass is 10.0. The summed E-state index contributed by atoms with van der Waals surface area (Å²) in [6, 6.07) is 5.04. The van der Waals surface area contributed by atoms with Gasteiger partial charge in [-0.15, -0.1) is 0 Å². The van der Waals surface area contributed by atoms with Gasteiger partial charge >= 0.3 is 0 Å². The summed E-state index contributed by atoms with van der Waals surface area (Å²) in [7, 11) is -3.75. The van der Waals surface area contributed by atoms with Gasteiger partial charge in [-0.3, -0.25) is 0 Å². The molecule has 5 N–H and O–H groups in total. The lowest BCUT2D eigenvalue weighted by molar-refractivity contribution is 0.511. The van der Waals surface area contributed by atoms with E-state index in [0.29, 0.717) is 12.0 Å². The molecule has 1 aromatic carbocycles. The molecule has 0 fully saturated rings. The van der Waals surface area contributed by atoms with Crippen molar-refractivity contribution in [2.45, 2.75) is 38.1 Å². The molecule has 0 aliphatic heterocycles. The van der Waals surface area contributed by atoms with Gasteiger partial charge < -0.3 is 11.1 Å². The number of nitrogen functional groups attached to an aromatic ring is 1. The van der Waals surface area contributed by atoms with Gasteiger partial charge in [0.1, 0.15) is 4.90 Å². The SMILES string of the molecule is CCC(Nc1ccc(S(N)(=O)=O)c(N)c1)C(C)C. The van der Waals surface area contributed by atoms with Crippen molar-refractivity contribution in [1.29, 1.82) is 0 Å². The van der Waals surface area contributed by atoms with Crippen LogP contribution >= 0.6 is 0 Å². The first kappa shape index (κ1) is 14.8. The van der Waals surface area contributed by atoms with Gasteiger partial charge in [-0.05, 0) is 30.5 Å². The Bertz CT molecular complexity index is 512. The van der Waals surface area contributed by atoms with E-state index in [0.717, 1.165) is 12.1 Å². The minimum absolute atomic E-state index is 0.0364. The first-order chi connectivity index (χ1) is 8.25. The standard InChI is InChI=1S/C12H21N3O2S/c1-4-11(8(2)3)15-9-5-6-12(10(13)7-9)18(14,16)17/h5-8,11,15H,4,13H2,1-3H3,(H2,14,16,17). The van der Waals surface area contributed by atoms with Crippen molar-refractivity contribution in [2.75, 3.05) is 11.1 Å². The van der Waals surface area contributed by atoms with Crippen molar-refractivity contribution < 1.29 is 8.42 Å². The average molecular weight is 271 g/mol. The van der Waals surface area contributed by atoms with Crippen LogP contribution in [-0.2, 0) is 10.0 Å². The van der Waals surface area contributed by atoms with Crippen molar-refractivity contribution in [1.82, 2.24) is 0 Å². The zero-order valence-corrected chi connectivity index (χ0v) is 11.8. The second kappa shape index (κ2) is 5.58. The molecule has 0 bridgehead atoms. The molecular weight excluding hydrogens is 250 g/mol. The van der Waals surface area contributed by atoms with Gasteiger partial charge in [-0.25, -0.2) is 13.6 Å². The predicted molar refractivity (Wildman–Crippen MR) is 74.8 cm³/mol. The summed E-state index contributed by atoms with van der Waals surface area (Å²) in [6.07, 6.45) is 0.981. The molecule has 1 atom stereocenters. The Labute approximate surface area is 109 Å². The van der Waals surface area contributed by atoms with Gasteiger partial charge in [0.25, 0.3) is 0 Å². The molecule has 0 amide bonds. The molecule has 1 unspecified atom stereocenters. The summed E-state index contributed by atoms with van der Waals surface area (Å²) >= 11 is 0. The molecule has 0 aromatic heterocycles. The zero-order valence-electron chi connectivity index (χ0n) is 11.0. The smallest absolute Gasteiger partial charge is 0.240 e. The maximum atomic E-state index is 11.2. The van der Waals surface area contributed by atoms with E-state index in [1.165, 1.54) is 6.07 Å². The fourth-order valence-corrected chi connectivity index (χ4v) is 2.50. The van der Waals surface area contributed by atoms with Gasteiger partial charge in [0.05, 0.1) is 5.69 Å². The van der Waals surface area contributed by atoms with E-state index in [1.54, 1.807) is 12.1 Å². The predicted octanol–water partition coefficient (Wildman–Crippen LogP) is 1.76. The second-order valence-corrected chi connectivity index (χ2v) is 6.23. The van der Waals surface area contributed by atoms with Crippen molar-refractivity contribution in [3.63, 3.8) is 0 Å². The fourth-order valence-electron chi connectivity index (χ4n) is 1.85. The van der Waals surface area contributed by atoms with E-state index in [-0.39, 0.29) is 10.6 Å². The Morgan fingerprint density at radius 1 is 1.33 bits per heavy atom. The normalized spacial score (nSPS) is 13.6. The van der Waals surface area contributed by atoms with Crippen LogP contribution in [-0.4, -0.2) is 14.5 Å². The minimum Gasteiger partial charge on any atom is -0.398 e. The number of anilines is 2. The molecule has 0 heterocycles. The van der Waals surface area contributed by atoms with E-state index in [2.05, 4.69) is 26.1 Å². The van der Waals surface area contributed by atoms with E-state index >= 15 is 0 Å². The zero-order chi connectivity index (χ0) is 13.9. The topological polar surface area (TPSA) is 98.2 Å². The first-order valence-electron chi connectivity index (χ1n) is 5.94. The van der Waals surface area contributed by atoms with Crippen molar-refractivity contribution in [2.24, 2.45) is 11.1 Å². The molecule has 1 aromatic rings. The highest BCUT2D eigenvalue weighted by Crippen LogP contribution is 2.23. The molecule has 0 aliphatic carbocycles. The van der Waals surface area contributed by atoms with Gasteiger partial charge in [-0.2, -0.15) is 0 Å². The molecule has 0 radical (unpaired) electrons. The maximum absolute atomic E-state index is 11.2. The van der Waals surface area contributed by atoms with Crippen LogP contribution in [0.2, 0.25) is 0 Å². The highest BCUT2D eigenvalue weighted by molar-refractivity contribution is 7.89. The van der Waals surface area contributed by atoms with Crippen molar-refractivity contribution in [3.8, 4) is 0 Å². The molecule has 0 aliphatic rings. The van der Waals surface area contributed by atoms with Crippen LogP contribution in [0.5, 0.6) is 0 Å². The fraction of sp³-hybridized carbons (Fsp3) is 0.500. The Morgan fingerprint density at radius 3 is 2.33 bits per heavy atom. The largest absolute Gasteiger partial charge is 0.398 e. The van der Waals surface area contributed by atoms with E-state index in [9.17, 15) is 8.42 Å². The molecule has 102 valence electrons. The first-order valence-corrected chi connectivity index (χ1v) is 7.49. The number of hydrogen-bond donors (Lipinski definition) is 3. The van der Waals surface area contributed by atoms with Crippen LogP contribution in [0.25, 0.3) is 0 Å². The Hall–Kier alpha value is -1.27. The summed E-state index contributed by atoms with van der Waals surface area (Å²) in [6.45, 7) is 6.35. The number of rotatable bonds is 5. The summed E-state index contributed by atoms with van der Waals surface area (Å²) in [5.41, 5.74) is 6.68. The minimum atomic E-state index is -3.75. The maximum Gasteiger partial charge on any atom is 0.240 e. The van der Waals surface area contributed by atoms with E-state index in [4.69, 9.17) is 10.9 Å². The van der Waals surface area contributed by atoms with Gasteiger partial charge in [0.15, 0.2) is 0 Å². The third-order valence-corrected chi connectivity index (χ3v) is 3.90. The van der Waals surface area contributed by atoms with Crippen molar-refractivity contribution >= 4 is 21.4 Å². The van der Waals surface area contributed by atoms with Crippen LogP contribution < -0.4 is 16.2 Å². The number of sulfonamides is 1. The molecule has 1 rings (SSSR count). The highest BCUT2D eigenvalue weighted by atomic mass is 32.2. The van der Waals surface area contributed by atoms with Gasteiger partial charge in [0, 0.05) is 11.7 Å². The lowest BCUT2D eigenvalue weighted by Crippen LogP contribution is -2.24. The molecule has 18 heavy (non-hydrogen) atoms. The number of nitrogens with two attached hydrogens (primary N) is 2. The molecule has 0 saturated heterocycles. The second-order valence-electron chi connectivity index (χ2n) is 4.70. The van der Waals surface area contributed by atoms with Crippen LogP contribution in [0.4, 0.5) is 11.4 Å². The average Bonchev–Trinajstić information content (AvgIpc) is 2.23. The Morgan fingerprint density at radius 2 is 1.94 bits per heavy atom. The monoisotopic (exact) mass is 271 g/mol. The third kappa shape index (κ3) is 3.61. The van der Waals surface area contributed by atoms with Crippen LogP contribution in [0.1, 0.15) is 27.2 Å². The van der Waals surface area contributed by atoms with Crippen molar-refractivity contribution in [3.05, 3.63) is 18.2 Å². The van der Waals surface area contributed by atoms with Crippen LogP contribution in [0, 0.1) is 5.92 Å². The molecule has 6 heteroatoms.